The molecule has 166 valence electrons. The zero-order valence-corrected chi connectivity index (χ0v) is 20.1. The van der Waals surface area contributed by atoms with Gasteiger partial charge in [-0.1, -0.05) is 48.0 Å². The van der Waals surface area contributed by atoms with Gasteiger partial charge in [0.05, 0.1) is 22.5 Å². The molecule has 0 saturated carbocycles. The van der Waals surface area contributed by atoms with E-state index in [1.165, 1.54) is 0 Å². The van der Waals surface area contributed by atoms with Gasteiger partial charge in [-0.25, -0.2) is 4.68 Å². The summed E-state index contributed by atoms with van der Waals surface area (Å²) in [5.74, 6) is 0.757. The molecule has 0 saturated heterocycles. The van der Waals surface area contributed by atoms with E-state index >= 15 is 0 Å². The largest absolute Gasteiger partial charge is 0.442 e. The van der Waals surface area contributed by atoms with Crippen LogP contribution in [0.4, 0.5) is 5.69 Å². The molecule has 1 aliphatic carbocycles. The fraction of sp³-hybridized carbons (Fsp3) is 0.269. The Hall–Kier alpha value is -3.19. The van der Waals surface area contributed by atoms with E-state index in [1.54, 1.807) is 4.68 Å². The first-order chi connectivity index (χ1) is 15.7. The minimum Gasteiger partial charge on any atom is -0.442 e. The van der Waals surface area contributed by atoms with Crippen LogP contribution in [-0.2, 0) is 15.0 Å². The molecule has 6 nitrogen and oxygen atoms in total. The number of nitrogens with one attached hydrogen (secondary N) is 1. The fourth-order valence-electron chi connectivity index (χ4n) is 5.56. The number of rotatable bonds is 1. The number of benzene rings is 2. The lowest BCUT2D eigenvalue weighted by Crippen LogP contribution is -2.47. The number of hydrogen-bond acceptors (Lipinski definition) is 4. The van der Waals surface area contributed by atoms with Gasteiger partial charge in [0.15, 0.2) is 5.78 Å². The predicted molar refractivity (Wildman–Crippen MR) is 128 cm³/mol. The summed E-state index contributed by atoms with van der Waals surface area (Å²) < 4.78 is 9.07. The van der Waals surface area contributed by atoms with Crippen LogP contribution in [0.25, 0.3) is 5.69 Å². The number of halogens is 1. The van der Waals surface area contributed by atoms with Gasteiger partial charge in [-0.15, -0.1) is 0 Å². The van der Waals surface area contributed by atoms with E-state index in [0.717, 1.165) is 15.7 Å². The summed E-state index contributed by atoms with van der Waals surface area (Å²) >= 11 is 3.56. The standard InChI is InChI=1S/C26H22BrN3O3/c1-14-21-23(30(29-14)16-7-5-4-6-8-16)33-20-13-25(2,3)12-19(31)22(20)26(21)17-11-15(27)9-10-18(17)28-24(26)32/h4-11H,12-13H2,1-3H3,(H,28,32). The lowest BCUT2D eigenvalue weighted by molar-refractivity contribution is -0.124. The number of ether oxygens (including phenoxy) is 1. The highest BCUT2D eigenvalue weighted by atomic mass is 79.9. The Morgan fingerprint density at radius 2 is 1.85 bits per heavy atom. The number of nitrogens with zero attached hydrogens (tertiary/aromatic N) is 2. The van der Waals surface area contributed by atoms with E-state index in [0.29, 0.717) is 47.0 Å². The van der Waals surface area contributed by atoms with Gasteiger partial charge < -0.3 is 10.1 Å². The quantitative estimate of drug-likeness (QED) is 0.494. The molecule has 1 unspecified atom stereocenters. The number of anilines is 1. The molecule has 7 heteroatoms. The average Bonchev–Trinajstić information content (AvgIpc) is 3.22. The monoisotopic (exact) mass is 503 g/mol. The van der Waals surface area contributed by atoms with Gasteiger partial charge in [0, 0.05) is 28.6 Å². The van der Waals surface area contributed by atoms with Crippen molar-refractivity contribution in [2.75, 3.05) is 5.32 Å². The van der Waals surface area contributed by atoms with Crippen LogP contribution in [0, 0.1) is 12.3 Å². The summed E-state index contributed by atoms with van der Waals surface area (Å²) in [7, 11) is 0. The van der Waals surface area contributed by atoms with Crippen molar-refractivity contribution in [2.45, 2.75) is 39.0 Å². The number of aryl methyl sites for hydroxylation is 1. The molecule has 1 spiro atoms. The van der Waals surface area contributed by atoms with Crippen LogP contribution < -0.4 is 10.1 Å². The average molecular weight is 504 g/mol. The molecule has 3 heterocycles. The minimum atomic E-state index is -1.30. The number of allylic oxidation sites excluding steroid dienone is 1. The van der Waals surface area contributed by atoms with Gasteiger partial charge in [0.25, 0.3) is 0 Å². The van der Waals surface area contributed by atoms with Crippen LogP contribution in [-0.4, -0.2) is 21.5 Å². The number of ketones is 1. The lowest BCUT2D eigenvalue weighted by atomic mass is 9.62. The summed E-state index contributed by atoms with van der Waals surface area (Å²) in [4.78, 5) is 27.6. The van der Waals surface area contributed by atoms with Gasteiger partial charge in [-0.05, 0) is 42.7 Å². The zero-order valence-electron chi connectivity index (χ0n) is 18.5. The Kier molecular flexibility index (Phi) is 4.13. The first-order valence-corrected chi connectivity index (χ1v) is 11.7. The second kappa shape index (κ2) is 6.67. The molecule has 0 bridgehead atoms. The van der Waals surface area contributed by atoms with Gasteiger partial charge in [-0.3, -0.25) is 9.59 Å². The van der Waals surface area contributed by atoms with Crippen molar-refractivity contribution in [3.63, 3.8) is 0 Å². The highest BCUT2D eigenvalue weighted by molar-refractivity contribution is 9.10. The van der Waals surface area contributed by atoms with Crippen molar-refractivity contribution in [1.82, 2.24) is 9.78 Å². The third-order valence-electron chi connectivity index (χ3n) is 6.80. The van der Waals surface area contributed by atoms with Crippen LogP contribution in [0.5, 0.6) is 5.88 Å². The van der Waals surface area contributed by atoms with Gasteiger partial charge >= 0.3 is 0 Å². The maximum absolute atomic E-state index is 13.9. The van der Waals surface area contributed by atoms with E-state index in [1.807, 2.05) is 55.5 Å². The smallest absolute Gasteiger partial charge is 0.244 e. The second-order valence-electron chi connectivity index (χ2n) is 9.75. The Morgan fingerprint density at radius 3 is 2.61 bits per heavy atom. The molecule has 1 aromatic heterocycles. The zero-order chi connectivity index (χ0) is 23.1. The third kappa shape index (κ3) is 2.69. The van der Waals surface area contributed by atoms with Crippen molar-refractivity contribution >= 4 is 33.3 Å². The Labute approximate surface area is 199 Å². The van der Waals surface area contributed by atoms with Crippen molar-refractivity contribution < 1.29 is 14.3 Å². The third-order valence-corrected chi connectivity index (χ3v) is 7.29. The number of Topliss-reactive ketones (excluding diaryl/α,β-unsaturated/α-hetero) is 1. The predicted octanol–water partition coefficient (Wildman–Crippen LogP) is 5.22. The number of para-hydroxylation sites is 1. The molecule has 2 aliphatic heterocycles. The molecule has 0 fully saturated rings. The Morgan fingerprint density at radius 1 is 1.09 bits per heavy atom. The van der Waals surface area contributed by atoms with Crippen molar-refractivity contribution in [2.24, 2.45) is 5.41 Å². The summed E-state index contributed by atoms with van der Waals surface area (Å²) in [6, 6.07) is 15.4. The highest BCUT2D eigenvalue weighted by Crippen LogP contribution is 2.58. The minimum absolute atomic E-state index is 0.0539. The molecule has 2 aromatic carbocycles. The van der Waals surface area contributed by atoms with Crippen LogP contribution in [0.3, 0.4) is 0 Å². The molecule has 1 amide bonds. The van der Waals surface area contributed by atoms with Crippen molar-refractivity contribution in [1.29, 1.82) is 0 Å². The highest BCUT2D eigenvalue weighted by Gasteiger charge is 2.61. The van der Waals surface area contributed by atoms with E-state index < -0.39 is 5.41 Å². The second-order valence-corrected chi connectivity index (χ2v) is 10.7. The van der Waals surface area contributed by atoms with Crippen molar-refractivity contribution in [3.05, 3.63) is 81.2 Å². The van der Waals surface area contributed by atoms with E-state index in [4.69, 9.17) is 9.84 Å². The molecule has 0 radical (unpaired) electrons. The molecule has 3 aromatic rings. The maximum atomic E-state index is 13.9. The number of carbonyl (C=O) groups excluding carboxylic acids is 2. The Balaban J connectivity index is 1.74. The maximum Gasteiger partial charge on any atom is 0.244 e. The molecule has 33 heavy (non-hydrogen) atoms. The molecule has 3 aliphatic rings. The first-order valence-electron chi connectivity index (χ1n) is 10.9. The SMILES string of the molecule is Cc1nn(-c2ccccc2)c2c1C1(C(=O)Nc3ccc(Br)cc31)C1=C(CC(C)(C)CC1=O)O2. The normalized spacial score (nSPS) is 22.5. The Bertz CT molecular complexity index is 1400. The summed E-state index contributed by atoms with van der Waals surface area (Å²) in [6.45, 7) is 5.98. The number of amides is 1. The van der Waals surface area contributed by atoms with E-state index in [2.05, 4.69) is 35.1 Å². The summed E-state index contributed by atoms with van der Waals surface area (Å²) in [5.41, 5.74) is 2.45. The van der Waals surface area contributed by atoms with Gasteiger partial charge in [0.1, 0.15) is 11.2 Å². The van der Waals surface area contributed by atoms with Gasteiger partial charge in [-0.2, -0.15) is 5.10 Å². The molecular formula is C26H22BrN3O3. The van der Waals surface area contributed by atoms with Gasteiger partial charge in [0.2, 0.25) is 11.8 Å². The van der Waals surface area contributed by atoms with Crippen molar-refractivity contribution in [3.8, 4) is 11.6 Å². The molecule has 1 atom stereocenters. The van der Waals surface area contributed by atoms with Crippen LogP contribution in [0.15, 0.2) is 64.3 Å². The lowest BCUT2D eigenvalue weighted by Gasteiger charge is -2.41. The number of hydrogen-bond donors (Lipinski definition) is 1. The van der Waals surface area contributed by atoms with Crippen LogP contribution in [0.1, 0.15) is 43.5 Å². The van der Waals surface area contributed by atoms with Crippen LogP contribution in [0.2, 0.25) is 0 Å². The molecular weight excluding hydrogens is 482 g/mol. The van der Waals surface area contributed by atoms with Crippen LogP contribution >= 0.6 is 15.9 Å². The number of aromatic nitrogens is 2. The summed E-state index contributed by atoms with van der Waals surface area (Å²) in [5, 5.41) is 7.83. The number of fused-ring (bicyclic) bond motifs is 5. The number of carbonyl (C=O) groups is 2. The van der Waals surface area contributed by atoms with E-state index in [9.17, 15) is 9.59 Å². The molecule has 6 rings (SSSR count). The fourth-order valence-corrected chi connectivity index (χ4v) is 5.92. The topological polar surface area (TPSA) is 73.2 Å². The summed E-state index contributed by atoms with van der Waals surface area (Å²) in [6.07, 6.45) is 0.916. The first kappa shape index (κ1) is 20.4. The molecule has 1 N–H and O–H groups in total. The van der Waals surface area contributed by atoms with E-state index in [-0.39, 0.29) is 17.1 Å².